The van der Waals surface area contributed by atoms with Crippen LogP contribution in [0.15, 0.2) is 30.9 Å². The molecule has 1 atom stereocenters. The number of ether oxygens (including phenoxy) is 1. The number of halogens is 2. The summed E-state index contributed by atoms with van der Waals surface area (Å²) in [6.07, 6.45) is 4.48. The fraction of sp³-hybridized carbons (Fsp3) is 0.368. The minimum absolute atomic E-state index is 0.0796. The molecule has 3 aromatic heterocycles. The molecule has 9 nitrogen and oxygen atoms in total. The number of rotatable bonds is 6. The van der Waals surface area contributed by atoms with E-state index in [1.165, 1.54) is 0 Å². The molecule has 1 aliphatic heterocycles. The molecule has 0 spiro atoms. The van der Waals surface area contributed by atoms with E-state index >= 15 is 0 Å². The number of hydrogen-bond acceptors (Lipinski definition) is 8. The molecule has 0 radical (unpaired) electrons. The number of nitrogens with one attached hydrogen (secondary N) is 2. The summed E-state index contributed by atoms with van der Waals surface area (Å²) in [5.41, 5.74) is 0.0796. The van der Waals surface area contributed by atoms with E-state index in [4.69, 9.17) is 4.74 Å². The van der Waals surface area contributed by atoms with E-state index < -0.39 is 17.7 Å². The number of aromatic nitrogens is 5. The van der Waals surface area contributed by atoms with Gasteiger partial charge < -0.3 is 24.8 Å². The first kappa shape index (κ1) is 20.0. The number of hydrogen-bond donors (Lipinski definition) is 2. The monoisotopic (exact) mass is 416 g/mol. The van der Waals surface area contributed by atoms with Gasteiger partial charge in [-0.2, -0.15) is 9.97 Å². The first-order valence-corrected chi connectivity index (χ1v) is 9.52. The summed E-state index contributed by atoms with van der Waals surface area (Å²) in [6.45, 7) is 4.32. The molecule has 1 aliphatic rings. The number of pyridine rings is 1. The standard InChI is InChI=1S/C19H22F2N8O/c1-12(18-14(21)7-13(20)9-22-18)24-19-26-15(25-16-10-28(2)11-23-16)8-17(27-19)29-3-5-30-6-4-29/h7-12H,3-6H2,1-2H3,(H2,24,25,26,27). The summed E-state index contributed by atoms with van der Waals surface area (Å²) >= 11 is 0. The number of morpholine rings is 1. The molecule has 1 unspecified atom stereocenters. The molecule has 4 heterocycles. The van der Waals surface area contributed by atoms with Crippen LogP contribution in [-0.2, 0) is 11.8 Å². The maximum atomic E-state index is 14.1. The average Bonchev–Trinajstić information content (AvgIpc) is 3.13. The van der Waals surface area contributed by atoms with Crippen LogP contribution in [0.25, 0.3) is 0 Å². The van der Waals surface area contributed by atoms with Gasteiger partial charge in [0.25, 0.3) is 0 Å². The Labute approximate surface area is 172 Å². The number of anilines is 4. The number of aryl methyl sites for hydroxylation is 1. The van der Waals surface area contributed by atoms with Crippen molar-refractivity contribution in [1.82, 2.24) is 24.5 Å². The van der Waals surface area contributed by atoms with Gasteiger partial charge in [-0.15, -0.1) is 0 Å². The molecule has 1 saturated heterocycles. The first-order valence-electron chi connectivity index (χ1n) is 9.52. The zero-order valence-corrected chi connectivity index (χ0v) is 16.6. The topological polar surface area (TPSA) is 93.0 Å². The highest BCUT2D eigenvalue weighted by Gasteiger charge is 2.18. The average molecular weight is 416 g/mol. The van der Waals surface area contributed by atoms with Crippen molar-refractivity contribution in [3.63, 3.8) is 0 Å². The molecular weight excluding hydrogens is 394 g/mol. The molecule has 0 amide bonds. The van der Waals surface area contributed by atoms with Gasteiger partial charge in [-0.1, -0.05) is 0 Å². The van der Waals surface area contributed by atoms with Gasteiger partial charge in [-0.25, -0.2) is 13.8 Å². The van der Waals surface area contributed by atoms with E-state index in [9.17, 15) is 8.78 Å². The number of imidazole rings is 1. The van der Waals surface area contributed by atoms with Crippen LogP contribution in [0.2, 0.25) is 0 Å². The summed E-state index contributed by atoms with van der Waals surface area (Å²) in [5, 5.41) is 6.21. The van der Waals surface area contributed by atoms with Gasteiger partial charge in [0.05, 0.1) is 37.5 Å². The fourth-order valence-electron chi connectivity index (χ4n) is 3.13. The zero-order chi connectivity index (χ0) is 21.1. The van der Waals surface area contributed by atoms with E-state index in [1.807, 2.05) is 23.9 Å². The second-order valence-corrected chi connectivity index (χ2v) is 6.97. The second-order valence-electron chi connectivity index (χ2n) is 6.97. The third kappa shape index (κ3) is 4.62. The largest absolute Gasteiger partial charge is 0.378 e. The van der Waals surface area contributed by atoms with Crippen LogP contribution in [0.4, 0.5) is 32.2 Å². The molecule has 0 aromatic carbocycles. The third-order valence-corrected chi connectivity index (χ3v) is 4.60. The quantitative estimate of drug-likeness (QED) is 0.634. The zero-order valence-electron chi connectivity index (χ0n) is 16.6. The van der Waals surface area contributed by atoms with Gasteiger partial charge in [-0.05, 0) is 6.92 Å². The van der Waals surface area contributed by atoms with Crippen molar-refractivity contribution >= 4 is 23.4 Å². The highest BCUT2D eigenvalue weighted by molar-refractivity contribution is 5.59. The lowest BCUT2D eigenvalue weighted by Crippen LogP contribution is -2.37. The second kappa shape index (κ2) is 8.57. The maximum Gasteiger partial charge on any atom is 0.227 e. The Morgan fingerprint density at radius 2 is 1.90 bits per heavy atom. The lowest BCUT2D eigenvalue weighted by Gasteiger charge is -2.28. The molecule has 30 heavy (non-hydrogen) atoms. The molecule has 0 bridgehead atoms. The molecular formula is C19H22F2N8O. The van der Waals surface area contributed by atoms with Crippen LogP contribution in [-0.4, -0.2) is 50.8 Å². The van der Waals surface area contributed by atoms with Crippen molar-refractivity contribution in [2.24, 2.45) is 7.05 Å². The van der Waals surface area contributed by atoms with Crippen molar-refractivity contribution in [1.29, 1.82) is 0 Å². The van der Waals surface area contributed by atoms with Gasteiger partial charge in [0.2, 0.25) is 5.95 Å². The summed E-state index contributed by atoms with van der Waals surface area (Å²) in [5.74, 6) is 0.702. The highest BCUT2D eigenvalue weighted by atomic mass is 19.1. The Morgan fingerprint density at radius 3 is 2.60 bits per heavy atom. The fourth-order valence-corrected chi connectivity index (χ4v) is 3.13. The van der Waals surface area contributed by atoms with E-state index in [0.717, 1.165) is 12.3 Å². The SMILES string of the molecule is CC(Nc1nc(Nc2cn(C)cn2)cc(N2CCOCC2)n1)c1ncc(F)cc1F. The van der Waals surface area contributed by atoms with E-state index in [2.05, 4.69) is 35.5 Å². The van der Waals surface area contributed by atoms with Crippen LogP contribution < -0.4 is 15.5 Å². The molecule has 0 aliphatic carbocycles. The lowest BCUT2D eigenvalue weighted by molar-refractivity contribution is 0.122. The van der Waals surface area contributed by atoms with E-state index in [0.29, 0.717) is 43.8 Å². The van der Waals surface area contributed by atoms with Gasteiger partial charge >= 0.3 is 0 Å². The molecule has 1 fully saturated rings. The van der Waals surface area contributed by atoms with Crippen LogP contribution in [0.3, 0.4) is 0 Å². The maximum absolute atomic E-state index is 14.1. The van der Waals surface area contributed by atoms with Crippen molar-refractivity contribution in [3.8, 4) is 0 Å². The summed E-state index contributed by atoms with van der Waals surface area (Å²) in [4.78, 5) is 19.2. The van der Waals surface area contributed by atoms with Crippen LogP contribution in [0.1, 0.15) is 18.7 Å². The van der Waals surface area contributed by atoms with E-state index in [1.54, 1.807) is 13.3 Å². The van der Waals surface area contributed by atoms with Crippen LogP contribution >= 0.6 is 0 Å². The Morgan fingerprint density at radius 1 is 1.10 bits per heavy atom. The van der Waals surface area contributed by atoms with Crippen molar-refractivity contribution < 1.29 is 13.5 Å². The predicted octanol–water partition coefficient (Wildman–Crippen LogP) is 2.64. The summed E-state index contributed by atoms with van der Waals surface area (Å²) < 4.78 is 34.5. The molecule has 4 rings (SSSR count). The van der Waals surface area contributed by atoms with Crippen molar-refractivity contribution in [2.45, 2.75) is 13.0 Å². The number of nitrogens with zero attached hydrogens (tertiary/aromatic N) is 6. The molecule has 11 heteroatoms. The van der Waals surface area contributed by atoms with Gasteiger partial charge in [0.1, 0.15) is 29.1 Å². The highest BCUT2D eigenvalue weighted by Crippen LogP contribution is 2.24. The van der Waals surface area contributed by atoms with E-state index in [-0.39, 0.29) is 11.6 Å². The Hall–Kier alpha value is -3.34. The van der Waals surface area contributed by atoms with Gasteiger partial charge in [0, 0.05) is 38.5 Å². The minimum atomic E-state index is -0.730. The smallest absolute Gasteiger partial charge is 0.227 e. The summed E-state index contributed by atoms with van der Waals surface area (Å²) in [7, 11) is 1.87. The Balaban J connectivity index is 1.62. The molecule has 0 saturated carbocycles. The van der Waals surface area contributed by atoms with Crippen LogP contribution in [0, 0.1) is 11.6 Å². The minimum Gasteiger partial charge on any atom is -0.378 e. The first-order chi connectivity index (χ1) is 14.5. The Kier molecular flexibility index (Phi) is 5.70. The predicted molar refractivity (Wildman–Crippen MR) is 108 cm³/mol. The lowest BCUT2D eigenvalue weighted by atomic mass is 10.2. The third-order valence-electron chi connectivity index (χ3n) is 4.60. The molecule has 2 N–H and O–H groups in total. The summed E-state index contributed by atoms with van der Waals surface area (Å²) in [6, 6.07) is 2.06. The van der Waals surface area contributed by atoms with Gasteiger partial charge in [-0.3, -0.25) is 4.98 Å². The molecule has 158 valence electrons. The van der Waals surface area contributed by atoms with Crippen molar-refractivity contribution in [3.05, 3.63) is 48.2 Å². The normalized spacial score (nSPS) is 15.1. The van der Waals surface area contributed by atoms with Crippen LogP contribution in [0.5, 0.6) is 0 Å². The van der Waals surface area contributed by atoms with Gasteiger partial charge in [0.15, 0.2) is 0 Å². The Bertz CT molecular complexity index is 1020. The molecule has 3 aromatic rings. The van der Waals surface area contributed by atoms with Crippen molar-refractivity contribution in [2.75, 3.05) is 41.8 Å².